The Morgan fingerprint density at radius 2 is 1.95 bits per heavy atom. The summed E-state index contributed by atoms with van der Waals surface area (Å²) in [4.78, 5) is 19.6. The van der Waals surface area contributed by atoms with Crippen LogP contribution in [0.15, 0.2) is 12.6 Å². The molecule has 1 heterocycles. The van der Waals surface area contributed by atoms with Crippen molar-refractivity contribution in [1.29, 1.82) is 0 Å². The summed E-state index contributed by atoms with van der Waals surface area (Å²) in [5.41, 5.74) is 9.54. The van der Waals surface area contributed by atoms with Gasteiger partial charge in [-0.15, -0.1) is 34.4 Å². The average molecular weight is 466 g/mol. The molecular formula is C16H16N3O2W-. The van der Waals surface area contributed by atoms with Crippen molar-refractivity contribution in [1.82, 2.24) is 9.97 Å². The first-order valence-corrected chi connectivity index (χ1v) is 6.39. The van der Waals surface area contributed by atoms with Crippen molar-refractivity contribution in [3.05, 3.63) is 46.7 Å². The van der Waals surface area contributed by atoms with E-state index in [1.165, 1.54) is 6.08 Å². The molecule has 0 spiro atoms. The molecule has 1 aromatic carbocycles. The molecule has 0 unspecified atom stereocenters. The number of carboxylic acid groups (broad SMARTS) is 1. The molecule has 0 aliphatic heterocycles. The fourth-order valence-corrected chi connectivity index (χ4v) is 2.08. The number of carboxylic acids is 1. The molecule has 1 aromatic heterocycles. The molecule has 2 rings (SSSR count). The van der Waals surface area contributed by atoms with Crippen LogP contribution in [0, 0.1) is 26.8 Å². The van der Waals surface area contributed by atoms with Crippen molar-refractivity contribution in [3.8, 4) is 11.4 Å². The molecule has 0 saturated heterocycles. The number of carbonyl (C=O) groups is 1. The van der Waals surface area contributed by atoms with Gasteiger partial charge in [-0.2, -0.15) is 0 Å². The van der Waals surface area contributed by atoms with Crippen molar-refractivity contribution in [2.45, 2.75) is 20.8 Å². The van der Waals surface area contributed by atoms with Gasteiger partial charge in [0.1, 0.15) is 5.82 Å². The third-order valence-electron chi connectivity index (χ3n) is 3.34. The summed E-state index contributed by atoms with van der Waals surface area (Å²) in [6, 6.07) is 5.18. The fraction of sp³-hybridized carbons (Fsp3) is 0.188. The Balaban J connectivity index is 0.00000242. The number of benzene rings is 1. The van der Waals surface area contributed by atoms with Gasteiger partial charge in [-0.3, -0.25) is 9.97 Å². The van der Waals surface area contributed by atoms with Crippen LogP contribution < -0.4 is 5.73 Å². The zero-order valence-corrected chi connectivity index (χ0v) is 15.5. The number of nitrogens with two attached hydrogens (primary N) is 1. The summed E-state index contributed by atoms with van der Waals surface area (Å²) in [7, 11) is 0. The molecule has 0 radical (unpaired) electrons. The second kappa shape index (κ2) is 6.84. The minimum absolute atomic E-state index is 0. The van der Waals surface area contributed by atoms with Gasteiger partial charge < -0.3 is 10.8 Å². The number of nitrogen functional groups attached to an aromatic ring is 1. The van der Waals surface area contributed by atoms with Crippen molar-refractivity contribution in [3.63, 3.8) is 0 Å². The minimum atomic E-state index is -1.17. The number of anilines is 1. The quantitative estimate of drug-likeness (QED) is 0.680. The molecule has 0 amide bonds. The van der Waals surface area contributed by atoms with Crippen LogP contribution in [0.5, 0.6) is 0 Å². The van der Waals surface area contributed by atoms with Gasteiger partial charge >= 0.3 is 5.97 Å². The number of aromatic carboxylic acids is 1. The topological polar surface area (TPSA) is 89.1 Å². The Bertz CT molecular complexity index is 758. The van der Waals surface area contributed by atoms with Gasteiger partial charge in [0.15, 0.2) is 5.69 Å². The van der Waals surface area contributed by atoms with Crippen molar-refractivity contribution >= 4 is 17.9 Å². The number of hydrogen-bond acceptors (Lipinski definition) is 4. The molecule has 3 N–H and O–H groups in total. The molecule has 5 nitrogen and oxygen atoms in total. The van der Waals surface area contributed by atoms with Crippen molar-refractivity contribution in [2.24, 2.45) is 0 Å². The van der Waals surface area contributed by atoms with Gasteiger partial charge in [0.2, 0.25) is 0 Å². The van der Waals surface area contributed by atoms with Crippen LogP contribution in [0.1, 0.15) is 32.7 Å². The molecule has 0 atom stereocenters. The summed E-state index contributed by atoms with van der Waals surface area (Å²) < 4.78 is 0. The van der Waals surface area contributed by atoms with Crippen LogP contribution in [0.25, 0.3) is 17.5 Å². The van der Waals surface area contributed by atoms with Crippen LogP contribution in [-0.4, -0.2) is 21.0 Å². The summed E-state index contributed by atoms with van der Waals surface area (Å²) in [6.07, 6.45) is 1.35. The molecule has 0 saturated carbocycles. The number of aromatic nitrogens is 2. The maximum Gasteiger partial charge on any atom is 0.354 e. The van der Waals surface area contributed by atoms with Crippen LogP contribution >= 0.6 is 0 Å². The van der Waals surface area contributed by atoms with Crippen molar-refractivity contribution in [2.75, 3.05) is 5.73 Å². The first kappa shape index (κ1) is 18.0. The third-order valence-corrected chi connectivity index (χ3v) is 3.34. The van der Waals surface area contributed by atoms with E-state index in [0.717, 1.165) is 16.7 Å². The molecule has 0 fully saturated rings. The monoisotopic (exact) mass is 466 g/mol. The largest absolute Gasteiger partial charge is 0.477 e. The number of nitrogens with zero attached hydrogens (tertiary/aromatic N) is 2. The molecular weight excluding hydrogens is 450 g/mol. The van der Waals surface area contributed by atoms with E-state index in [1.807, 2.05) is 26.8 Å². The van der Waals surface area contributed by atoms with E-state index < -0.39 is 5.97 Å². The second-order valence-electron chi connectivity index (χ2n) is 4.84. The van der Waals surface area contributed by atoms with Crippen LogP contribution in [0.2, 0.25) is 0 Å². The molecule has 0 bridgehead atoms. The first-order valence-electron chi connectivity index (χ1n) is 6.39. The Hall–Kier alpha value is -2.00. The van der Waals surface area contributed by atoms with E-state index in [4.69, 9.17) is 5.73 Å². The van der Waals surface area contributed by atoms with E-state index in [2.05, 4.69) is 22.6 Å². The van der Waals surface area contributed by atoms with Gasteiger partial charge in [0, 0.05) is 26.6 Å². The van der Waals surface area contributed by atoms with Crippen LogP contribution in [0.4, 0.5) is 5.82 Å². The average Bonchev–Trinajstić information content (AvgIpc) is 2.41. The zero-order valence-electron chi connectivity index (χ0n) is 12.6. The maximum atomic E-state index is 11.3. The Labute approximate surface area is 143 Å². The second-order valence-corrected chi connectivity index (χ2v) is 4.84. The molecule has 0 aliphatic rings. The molecule has 2 aromatic rings. The van der Waals surface area contributed by atoms with E-state index in [-0.39, 0.29) is 44.0 Å². The third kappa shape index (κ3) is 3.25. The Kier molecular flexibility index (Phi) is 5.61. The normalized spacial score (nSPS) is 9.95. The summed E-state index contributed by atoms with van der Waals surface area (Å²) >= 11 is 0. The molecule has 0 aliphatic carbocycles. The standard InChI is InChI=1S/C16H16N3O2.W/c1-5-11-13(16(20)21)18-15(19-14(11)17)12-7-9(3)8(2)6-10(12)4;/h5-6H,1H2,2-4H3,(H,20,21)(H2,17,18,19);/q-1;. The van der Waals surface area contributed by atoms with Gasteiger partial charge in [-0.25, -0.2) is 4.79 Å². The number of rotatable bonds is 3. The number of hydrogen-bond donors (Lipinski definition) is 2. The number of aryl methyl sites for hydroxylation is 3. The Morgan fingerprint density at radius 1 is 1.32 bits per heavy atom. The van der Waals surface area contributed by atoms with Crippen molar-refractivity contribution < 1.29 is 31.0 Å². The van der Waals surface area contributed by atoms with E-state index in [9.17, 15) is 9.90 Å². The van der Waals surface area contributed by atoms with E-state index in [1.54, 1.807) is 0 Å². The van der Waals surface area contributed by atoms with Crippen LogP contribution in [-0.2, 0) is 21.1 Å². The Morgan fingerprint density at radius 3 is 2.50 bits per heavy atom. The molecule has 114 valence electrons. The van der Waals surface area contributed by atoms with Gasteiger partial charge in [0.05, 0.1) is 5.82 Å². The summed E-state index contributed by atoms with van der Waals surface area (Å²) in [5.74, 6) is -0.809. The summed E-state index contributed by atoms with van der Waals surface area (Å²) in [5, 5.41) is 9.26. The molecule has 22 heavy (non-hydrogen) atoms. The van der Waals surface area contributed by atoms with Crippen LogP contribution in [0.3, 0.4) is 0 Å². The van der Waals surface area contributed by atoms with Gasteiger partial charge in [0.25, 0.3) is 0 Å². The zero-order chi connectivity index (χ0) is 15.7. The smallest absolute Gasteiger partial charge is 0.354 e. The summed E-state index contributed by atoms with van der Waals surface area (Å²) in [6.45, 7) is 9.37. The SMILES string of the molecule is C=Cc1c(N)nc(-c2[c-]c(C)c(C)cc2C)nc1C(=O)O.[W]. The van der Waals surface area contributed by atoms with Gasteiger partial charge in [-0.1, -0.05) is 33.4 Å². The predicted molar refractivity (Wildman–Crippen MR) is 82.0 cm³/mol. The van der Waals surface area contributed by atoms with Gasteiger partial charge in [-0.05, 0) is 0 Å². The predicted octanol–water partition coefficient (Wildman–Crippen LogP) is 2.79. The fourth-order valence-electron chi connectivity index (χ4n) is 2.08. The molecule has 6 heteroatoms. The first-order chi connectivity index (χ1) is 9.85. The van der Waals surface area contributed by atoms with E-state index in [0.29, 0.717) is 5.56 Å². The maximum absolute atomic E-state index is 11.3. The van der Waals surface area contributed by atoms with E-state index >= 15 is 0 Å². The minimum Gasteiger partial charge on any atom is -0.477 e.